The van der Waals surface area contributed by atoms with Crippen LogP contribution in [-0.4, -0.2) is 62.8 Å². The second-order valence-corrected chi connectivity index (χ2v) is 4.86. The summed E-state index contributed by atoms with van der Waals surface area (Å²) in [4.78, 5) is 4.60. The Morgan fingerprint density at radius 3 is 2.14 bits per heavy atom. The Balaban J connectivity index is 2.33. The number of ether oxygens (including phenoxy) is 1. The number of hydrogen-bond acceptors (Lipinski definition) is 3. The maximum atomic E-state index is 5.29. The molecule has 0 aliphatic carbocycles. The molecule has 3 unspecified atom stereocenters. The number of hydrogen-bond donors (Lipinski definition) is 0. The summed E-state index contributed by atoms with van der Waals surface area (Å²) in [5.74, 6) is 0. The lowest BCUT2D eigenvalue weighted by atomic mass is 10.0. The molecule has 0 amide bonds. The lowest BCUT2D eigenvalue weighted by Crippen LogP contribution is -2.37. The van der Waals surface area contributed by atoms with Gasteiger partial charge in [0.15, 0.2) is 0 Å². The van der Waals surface area contributed by atoms with Crippen molar-refractivity contribution in [1.82, 2.24) is 9.80 Å². The molecule has 1 saturated heterocycles. The average Bonchev–Trinajstić information content (AvgIpc) is 2.86. The molecule has 1 aliphatic rings. The monoisotopic (exact) mass is 200 g/mol. The van der Waals surface area contributed by atoms with E-state index in [9.17, 15) is 0 Å². The van der Waals surface area contributed by atoms with Gasteiger partial charge in [0.25, 0.3) is 0 Å². The van der Waals surface area contributed by atoms with Crippen LogP contribution >= 0.6 is 0 Å². The number of epoxide rings is 1. The molecule has 3 heteroatoms. The van der Waals surface area contributed by atoms with Crippen molar-refractivity contribution in [3.8, 4) is 0 Å². The minimum absolute atomic E-state index is 0.539. The molecule has 0 spiro atoms. The molecule has 0 N–H and O–H groups in total. The molecule has 3 nitrogen and oxygen atoms in total. The van der Waals surface area contributed by atoms with Crippen molar-refractivity contribution in [2.45, 2.75) is 38.0 Å². The van der Waals surface area contributed by atoms with Crippen LogP contribution in [0.25, 0.3) is 0 Å². The highest BCUT2D eigenvalue weighted by molar-refractivity contribution is 4.81. The summed E-state index contributed by atoms with van der Waals surface area (Å²) in [7, 11) is 8.61. The lowest BCUT2D eigenvalue weighted by molar-refractivity contribution is 0.188. The standard InChI is InChI=1S/C11H24N2O/c1-9(12(2)3)6-10(13(4)5)7-11-8-14-11/h9-11H,6-8H2,1-5H3. The first-order valence-corrected chi connectivity index (χ1v) is 5.45. The zero-order chi connectivity index (χ0) is 10.7. The molecule has 0 bridgehead atoms. The van der Waals surface area contributed by atoms with Crippen molar-refractivity contribution in [2.75, 3.05) is 34.8 Å². The van der Waals surface area contributed by atoms with Gasteiger partial charge in [0.05, 0.1) is 12.7 Å². The van der Waals surface area contributed by atoms with Crippen molar-refractivity contribution in [3.63, 3.8) is 0 Å². The van der Waals surface area contributed by atoms with Crippen LogP contribution in [-0.2, 0) is 4.74 Å². The van der Waals surface area contributed by atoms with Gasteiger partial charge in [-0.15, -0.1) is 0 Å². The minimum atomic E-state index is 0.539. The molecule has 0 aromatic carbocycles. The summed E-state index contributed by atoms with van der Waals surface area (Å²) in [6, 6.07) is 1.29. The maximum absolute atomic E-state index is 5.29. The van der Waals surface area contributed by atoms with Gasteiger partial charge in [0, 0.05) is 12.1 Å². The van der Waals surface area contributed by atoms with Gasteiger partial charge < -0.3 is 14.5 Å². The summed E-state index contributed by atoms with van der Waals surface area (Å²) in [5, 5.41) is 0. The molecule has 1 heterocycles. The summed E-state index contributed by atoms with van der Waals surface area (Å²) in [6.07, 6.45) is 2.95. The van der Waals surface area contributed by atoms with E-state index in [-0.39, 0.29) is 0 Å². The fourth-order valence-electron chi connectivity index (χ4n) is 1.63. The zero-order valence-corrected chi connectivity index (χ0v) is 10.2. The fraction of sp³-hybridized carbons (Fsp3) is 1.00. The van der Waals surface area contributed by atoms with E-state index in [4.69, 9.17) is 4.74 Å². The minimum Gasteiger partial charge on any atom is -0.373 e. The molecule has 0 saturated carbocycles. The van der Waals surface area contributed by atoms with Gasteiger partial charge in [-0.1, -0.05) is 0 Å². The third-order valence-corrected chi connectivity index (χ3v) is 3.16. The third kappa shape index (κ3) is 3.95. The van der Waals surface area contributed by atoms with E-state index < -0.39 is 0 Å². The fourth-order valence-corrected chi connectivity index (χ4v) is 1.63. The molecule has 1 rings (SSSR count). The first-order valence-electron chi connectivity index (χ1n) is 5.45. The Labute approximate surface area is 88.0 Å². The van der Waals surface area contributed by atoms with E-state index in [2.05, 4.69) is 44.9 Å². The first-order chi connectivity index (χ1) is 6.50. The largest absolute Gasteiger partial charge is 0.373 e. The topological polar surface area (TPSA) is 19.0 Å². The van der Waals surface area contributed by atoms with Gasteiger partial charge in [-0.25, -0.2) is 0 Å². The summed E-state index contributed by atoms with van der Waals surface area (Å²) >= 11 is 0. The molecule has 0 radical (unpaired) electrons. The van der Waals surface area contributed by atoms with Crippen LogP contribution in [0, 0.1) is 0 Å². The van der Waals surface area contributed by atoms with E-state index in [1.165, 1.54) is 12.8 Å². The summed E-state index contributed by atoms with van der Waals surface area (Å²) < 4.78 is 5.29. The highest BCUT2D eigenvalue weighted by Gasteiger charge is 2.28. The van der Waals surface area contributed by atoms with Crippen LogP contribution in [0.5, 0.6) is 0 Å². The quantitative estimate of drug-likeness (QED) is 0.597. The predicted octanol–water partition coefficient (Wildman–Crippen LogP) is 1.05. The van der Waals surface area contributed by atoms with Crippen molar-refractivity contribution >= 4 is 0 Å². The van der Waals surface area contributed by atoms with Gasteiger partial charge in [0.2, 0.25) is 0 Å². The molecule has 1 fully saturated rings. The second kappa shape index (κ2) is 5.10. The van der Waals surface area contributed by atoms with E-state index >= 15 is 0 Å². The Hall–Kier alpha value is -0.120. The Kier molecular flexibility index (Phi) is 4.35. The molecular formula is C11H24N2O. The van der Waals surface area contributed by atoms with Gasteiger partial charge >= 0.3 is 0 Å². The van der Waals surface area contributed by atoms with Gasteiger partial charge in [0.1, 0.15) is 0 Å². The number of rotatable bonds is 6. The summed E-state index contributed by atoms with van der Waals surface area (Å²) in [6.45, 7) is 3.25. The maximum Gasteiger partial charge on any atom is 0.0824 e. The van der Waals surface area contributed by atoms with Crippen molar-refractivity contribution < 1.29 is 4.74 Å². The molecule has 3 atom stereocenters. The van der Waals surface area contributed by atoms with Crippen molar-refractivity contribution in [1.29, 1.82) is 0 Å². The normalized spacial score (nSPS) is 25.5. The lowest BCUT2D eigenvalue weighted by Gasteiger charge is -2.29. The molecule has 0 aromatic heterocycles. The predicted molar refractivity (Wildman–Crippen MR) is 59.6 cm³/mol. The highest BCUT2D eigenvalue weighted by atomic mass is 16.6. The third-order valence-electron chi connectivity index (χ3n) is 3.16. The second-order valence-electron chi connectivity index (χ2n) is 4.86. The first kappa shape index (κ1) is 12.0. The zero-order valence-electron chi connectivity index (χ0n) is 10.2. The van der Waals surface area contributed by atoms with Crippen molar-refractivity contribution in [2.24, 2.45) is 0 Å². The molecule has 0 aromatic rings. The molecule has 84 valence electrons. The van der Waals surface area contributed by atoms with Crippen LogP contribution in [0.1, 0.15) is 19.8 Å². The van der Waals surface area contributed by atoms with E-state index in [0.29, 0.717) is 18.2 Å². The average molecular weight is 200 g/mol. The Morgan fingerprint density at radius 2 is 1.79 bits per heavy atom. The number of nitrogens with zero attached hydrogens (tertiary/aromatic N) is 2. The van der Waals surface area contributed by atoms with Gasteiger partial charge in [-0.2, -0.15) is 0 Å². The van der Waals surface area contributed by atoms with Crippen LogP contribution in [0.3, 0.4) is 0 Å². The van der Waals surface area contributed by atoms with Crippen molar-refractivity contribution in [3.05, 3.63) is 0 Å². The van der Waals surface area contributed by atoms with Gasteiger partial charge in [-0.05, 0) is 48.0 Å². The molecule has 14 heavy (non-hydrogen) atoms. The van der Waals surface area contributed by atoms with E-state index in [1.807, 2.05) is 0 Å². The van der Waals surface area contributed by atoms with Crippen LogP contribution in [0.15, 0.2) is 0 Å². The van der Waals surface area contributed by atoms with E-state index in [0.717, 1.165) is 6.61 Å². The SMILES string of the molecule is CC(CC(CC1CO1)N(C)C)N(C)C. The smallest absolute Gasteiger partial charge is 0.0824 e. The highest BCUT2D eigenvalue weighted by Crippen LogP contribution is 2.21. The summed E-state index contributed by atoms with van der Waals surface area (Å²) in [5.41, 5.74) is 0. The van der Waals surface area contributed by atoms with Crippen LogP contribution < -0.4 is 0 Å². The van der Waals surface area contributed by atoms with Crippen LogP contribution in [0.4, 0.5) is 0 Å². The van der Waals surface area contributed by atoms with Crippen LogP contribution in [0.2, 0.25) is 0 Å². The van der Waals surface area contributed by atoms with E-state index in [1.54, 1.807) is 0 Å². The Bertz CT molecular complexity index is 167. The Morgan fingerprint density at radius 1 is 1.21 bits per heavy atom. The molecule has 1 aliphatic heterocycles. The molecular weight excluding hydrogens is 176 g/mol. The van der Waals surface area contributed by atoms with Gasteiger partial charge in [-0.3, -0.25) is 0 Å².